The number of aryl methyl sites for hydroxylation is 2. The zero-order chi connectivity index (χ0) is 13.1. The molecule has 0 aliphatic heterocycles. The van der Waals surface area contributed by atoms with E-state index in [2.05, 4.69) is 47.1 Å². The van der Waals surface area contributed by atoms with Crippen LogP contribution in [0.25, 0.3) is 0 Å². The first-order chi connectivity index (χ1) is 7.87. The molecule has 0 unspecified atom stereocenters. The molecule has 0 atom stereocenters. The lowest BCUT2D eigenvalue weighted by Crippen LogP contribution is -2.24. The van der Waals surface area contributed by atoms with Gasteiger partial charge in [-0.3, -0.25) is 4.68 Å². The van der Waals surface area contributed by atoms with Crippen molar-refractivity contribution in [2.24, 2.45) is 12.5 Å². The van der Waals surface area contributed by atoms with Crippen molar-refractivity contribution in [1.82, 2.24) is 15.1 Å². The second kappa shape index (κ2) is 6.01. The highest BCUT2D eigenvalue weighted by Crippen LogP contribution is 2.30. The topological polar surface area (TPSA) is 29.9 Å². The molecule has 0 amide bonds. The summed E-state index contributed by atoms with van der Waals surface area (Å²) in [4.78, 5) is 0. The van der Waals surface area contributed by atoms with Gasteiger partial charge in [-0.1, -0.05) is 20.8 Å². The largest absolute Gasteiger partial charge is 0.317 e. The molecule has 0 fully saturated rings. The Bertz CT molecular complexity index is 369. The molecule has 0 aliphatic rings. The predicted molar refractivity (Wildman–Crippen MR) is 76.3 cm³/mol. The number of rotatable bonds is 6. The Labute approximate surface area is 113 Å². The standard InChI is InChI=1S/C13H24BrN3/c1-6-15-8-7-13(3,4)9-11-12(14)10(2)16-17(11)5/h15H,6-9H2,1-5H3. The minimum atomic E-state index is 0.297. The highest BCUT2D eigenvalue weighted by Gasteiger charge is 2.22. The van der Waals surface area contributed by atoms with Gasteiger partial charge in [-0.05, 0) is 54.2 Å². The molecule has 0 spiro atoms. The van der Waals surface area contributed by atoms with Crippen LogP contribution in [0.3, 0.4) is 0 Å². The fourth-order valence-corrected chi connectivity index (χ4v) is 2.49. The summed E-state index contributed by atoms with van der Waals surface area (Å²) in [6, 6.07) is 0. The Balaban J connectivity index is 2.68. The lowest BCUT2D eigenvalue weighted by molar-refractivity contribution is 0.318. The molecule has 1 heterocycles. The maximum Gasteiger partial charge on any atom is 0.0738 e. The number of hydrogen-bond acceptors (Lipinski definition) is 2. The fourth-order valence-electron chi connectivity index (χ4n) is 2.02. The Morgan fingerprint density at radius 3 is 2.53 bits per heavy atom. The van der Waals surface area contributed by atoms with Crippen molar-refractivity contribution in [1.29, 1.82) is 0 Å². The van der Waals surface area contributed by atoms with Crippen LogP contribution in [0.4, 0.5) is 0 Å². The van der Waals surface area contributed by atoms with Crippen LogP contribution in [0.5, 0.6) is 0 Å². The smallest absolute Gasteiger partial charge is 0.0738 e. The second-order valence-electron chi connectivity index (χ2n) is 5.41. The zero-order valence-electron chi connectivity index (χ0n) is 11.6. The molecule has 1 aromatic heterocycles. The predicted octanol–water partition coefficient (Wildman–Crippen LogP) is 3.06. The van der Waals surface area contributed by atoms with Crippen molar-refractivity contribution in [2.45, 2.75) is 40.5 Å². The van der Waals surface area contributed by atoms with E-state index in [1.54, 1.807) is 0 Å². The van der Waals surface area contributed by atoms with E-state index in [9.17, 15) is 0 Å². The number of halogens is 1. The number of hydrogen-bond donors (Lipinski definition) is 1. The van der Waals surface area contributed by atoms with Gasteiger partial charge in [0.1, 0.15) is 0 Å². The SMILES string of the molecule is CCNCCC(C)(C)Cc1c(Br)c(C)nn1C. The molecular weight excluding hydrogens is 278 g/mol. The lowest BCUT2D eigenvalue weighted by Gasteiger charge is -2.25. The molecule has 17 heavy (non-hydrogen) atoms. The van der Waals surface area contributed by atoms with Crippen LogP contribution in [0.2, 0.25) is 0 Å². The van der Waals surface area contributed by atoms with E-state index >= 15 is 0 Å². The maximum absolute atomic E-state index is 4.45. The number of nitrogens with one attached hydrogen (secondary N) is 1. The molecule has 0 bridgehead atoms. The van der Waals surface area contributed by atoms with Gasteiger partial charge >= 0.3 is 0 Å². The number of aromatic nitrogens is 2. The maximum atomic E-state index is 4.45. The van der Waals surface area contributed by atoms with E-state index in [4.69, 9.17) is 0 Å². The molecule has 98 valence electrons. The quantitative estimate of drug-likeness (QED) is 0.819. The van der Waals surface area contributed by atoms with Crippen LogP contribution in [-0.4, -0.2) is 22.9 Å². The molecule has 1 rings (SSSR count). The Kier molecular flexibility index (Phi) is 5.20. The molecule has 1 aromatic rings. The first-order valence-electron chi connectivity index (χ1n) is 6.26. The highest BCUT2D eigenvalue weighted by molar-refractivity contribution is 9.10. The molecule has 0 saturated heterocycles. The van der Waals surface area contributed by atoms with Crippen LogP contribution >= 0.6 is 15.9 Å². The molecule has 0 radical (unpaired) electrons. The van der Waals surface area contributed by atoms with Crippen molar-refractivity contribution in [3.63, 3.8) is 0 Å². The van der Waals surface area contributed by atoms with E-state index in [1.165, 1.54) is 12.1 Å². The second-order valence-corrected chi connectivity index (χ2v) is 6.21. The van der Waals surface area contributed by atoms with Crippen LogP contribution in [-0.2, 0) is 13.5 Å². The Morgan fingerprint density at radius 1 is 1.41 bits per heavy atom. The number of nitrogens with zero attached hydrogens (tertiary/aromatic N) is 2. The van der Waals surface area contributed by atoms with Crippen molar-refractivity contribution in [3.05, 3.63) is 15.9 Å². The zero-order valence-corrected chi connectivity index (χ0v) is 13.2. The van der Waals surface area contributed by atoms with E-state index in [0.717, 1.165) is 29.7 Å². The summed E-state index contributed by atoms with van der Waals surface area (Å²) in [6.45, 7) is 11.0. The molecule has 0 aliphatic carbocycles. The summed E-state index contributed by atoms with van der Waals surface area (Å²) in [7, 11) is 2.02. The van der Waals surface area contributed by atoms with Gasteiger partial charge in [-0.2, -0.15) is 5.10 Å². The van der Waals surface area contributed by atoms with Crippen molar-refractivity contribution in [3.8, 4) is 0 Å². The Hall–Kier alpha value is -0.350. The molecular formula is C13H24BrN3. The first-order valence-corrected chi connectivity index (χ1v) is 7.05. The van der Waals surface area contributed by atoms with Crippen molar-refractivity contribution in [2.75, 3.05) is 13.1 Å². The van der Waals surface area contributed by atoms with Gasteiger partial charge in [0.05, 0.1) is 15.9 Å². The Morgan fingerprint density at radius 2 is 2.06 bits per heavy atom. The summed E-state index contributed by atoms with van der Waals surface area (Å²) in [6.07, 6.45) is 2.23. The van der Waals surface area contributed by atoms with Gasteiger partial charge in [0, 0.05) is 7.05 Å². The summed E-state index contributed by atoms with van der Waals surface area (Å²) in [5, 5.41) is 7.84. The molecule has 3 nitrogen and oxygen atoms in total. The third-order valence-electron chi connectivity index (χ3n) is 3.14. The van der Waals surface area contributed by atoms with Crippen LogP contribution in [0.1, 0.15) is 38.6 Å². The summed E-state index contributed by atoms with van der Waals surface area (Å²) >= 11 is 3.64. The van der Waals surface area contributed by atoms with Crippen LogP contribution in [0.15, 0.2) is 4.47 Å². The molecule has 0 aromatic carbocycles. The normalized spacial score (nSPS) is 12.1. The monoisotopic (exact) mass is 301 g/mol. The molecule has 0 saturated carbocycles. The van der Waals surface area contributed by atoms with E-state index in [1.807, 2.05) is 18.7 Å². The highest BCUT2D eigenvalue weighted by atomic mass is 79.9. The van der Waals surface area contributed by atoms with Gasteiger partial charge in [-0.15, -0.1) is 0 Å². The minimum absolute atomic E-state index is 0.297. The van der Waals surface area contributed by atoms with Crippen LogP contribution < -0.4 is 5.32 Å². The van der Waals surface area contributed by atoms with E-state index < -0.39 is 0 Å². The average Bonchev–Trinajstić information content (AvgIpc) is 2.45. The average molecular weight is 302 g/mol. The fraction of sp³-hybridized carbons (Fsp3) is 0.769. The third kappa shape index (κ3) is 4.11. The van der Waals surface area contributed by atoms with Gasteiger partial charge in [0.25, 0.3) is 0 Å². The van der Waals surface area contributed by atoms with E-state index in [-0.39, 0.29) is 0 Å². The lowest BCUT2D eigenvalue weighted by atomic mass is 9.84. The van der Waals surface area contributed by atoms with Crippen molar-refractivity contribution < 1.29 is 0 Å². The van der Waals surface area contributed by atoms with Gasteiger partial charge < -0.3 is 5.32 Å². The summed E-state index contributed by atoms with van der Waals surface area (Å²) < 4.78 is 3.16. The molecule has 4 heteroatoms. The van der Waals surface area contributed by atoms with Gasteiger partial charge in [-0.25, -0.2) is 0 Å². The summed E-state index contributed by atoms with van der Waals surface area (Å²) in [5.41, 5.74) is 2.67. The summed E-state index contributed by atoms with van der Waals surface area (Å²) in [5.74, 6) is 0. The molecule has 1 N–H and O–H groups in total. The van der Waals surface area contributed by atoms with Crippen LogP contribution in [0, 0.1) is 12.3 Å². The van der Waals surface area contributed by atoms with Crippen molar-refractivity contribution >= 4 is 15.9 Å². The van der Waals surface area contributed by atoms with E-state index in [0.29, 0.717) is 5.41 Å². The van der Waals surface area contributed by atoms with Gasteiger partial charge in [0.15, 0.2) is 0 Å². The minimum Gasteiger partial charge on any atom is -0.317 e. The third-order valence-corrected chi connectivity index (χ3v) is 4.17. The van der Waals surface area contributed by atoms with Gasteiger partial charge in [0.2, 0.25) is 0 Å². The first kappa shape index (κ1) is 14.7.